The van der Waals surface area contributed by atoms with Gasteiger partial charge in [0.1, 0.15) is 6.10 Å². The molecule has 4 rings (SSSR count). The van der Waals surface area contributed by atoms with Gasteiger partial charge in [0.15, 0.2) is 0 Å². The number of esters is 1. The lowest BCUT2D eigenvalue weighted by atomic mass is 9.81. The summed E-state index contributed by atoms with van der Waals surface area (Å²) in [7, 11) is 0.861. The molecule has 0 N–H and O–H groups in total. The molecule has 34 heavy (non-hydrogen) atoms. The second-order valence-corrected chi connectivity index (χ2v) is 8.95. The summed E-state index contributed by atoms with van der Waals surface area (Å²) in [5, 5.41) is 0. The quantitative estimate of drug-likeness (QED) is 0.564. The molecule has 2 heterocycles. The fourth-order valence-electron chi connectivity index (χ4n) is 5.47. The Bertz CT molecular complexity index is 1010. The summed E-state index contributed by atoms with van der Waals surface area (Å²) in [5.41, 5.74) is -3.57. The Hall–Kier alpha value is -2.87. The fourth-order valence-corrected chi connectivity index (χ4v) is 5.47. The summed E-state index contributed by atoms with van der Waals surface area (Å²) in [6.45, 7) is 0.493. The van der Waals surface area contributed by atoms with E-state index in [-0.39, 0.29) is 17.9 Å². The van der Waals surface area contributed by atoms with Crippen LogP contribution in [0.2, 0.25) is 0 Å². The Morgan fingerprint density at radius 3 is 2.32 bits per heavy atom. The first kappa shape index (κ1) is 24.3. The SMILES string of the molecule is CO[C@](C(=O)OC1CCCC(=O)N2CCC[C@]12Cc1ccccc1)(c1ccccc1)C(F)(F)F. The number of methoxy groups -OCH3 is 1. The minimum atomic E-state index is -5.05. The molecule has 2 aromatic rings. The van der Waals surface area contributed by atoms with Gasteiger partial charge in [0.05, 0.1) is 5.54 Å². The number of ether oxygens (including phenoxy) is 2. The van der Waals surface area contributed by atoms with Crippen molar-refractivity contribution in [1.29, 1.82) is 0 Å². The Kier molecular flexibility index (Phi) is 6.71. The highest BCUT2D eigenvalue weighted by molar-refractivity contribution is 5.83. The Balaban J connectivity index is 1.75. The normalized spacial score (nSPS) is 24.8. The van der Waals surface area contributed by atoms with E-state index in [2.05, 4.69) is 0 Å². The monoisotopic (exact) mass is 475 g/mol. The van der Waals surface area contributed by atoms with Gasteiger partial charge < -0.3 is 14.4 Å². The average Bonchev–Trinajstić information content (AvgIpc) is 3.19. The summed E-state index contributed by atoms with van der Waals surface area (Å²) in [6.07, 6.45) is -3.30. The van der Waals surface area contributed by atoms with Gasteiger partial charge in [-0.1, -0.05) is 60.7 Å². The number of fused-ring (bicyclic) bond motifs is 1. The lowest BCUT2D eigenvalue weighted by molar-refractivity contribution is -0.280. The van der Waals surface area contributed by atoms with E-state index in [1.165, 1.54) is 24.3 Å². The number of hydrogen-bond donors (Lipinski definition) is 0. The molecule has 0 spiro atoms. The molecule has 0 saturated carbocycles. The zero-order valence-electron chi connectivity index (χ0n) is 19.0. The molecular formula is C26H28F3NO4. The van der Waals surface area contributed by atoms with Crippen LogP contribution in [-0.4, -0.2) is 48.3 Å². The smallest absolute Gasteiger partial charge is 0.432 e. The van der Waals surface area contributed by atoms with Crippen LogP contribution in [0.25, 0.3) is 0 Å². The van der Waals surface area contributed by atoms with Crippen molar-refractivity contribution in [2.45, 2.75) is 61.9 Å². The van der Waals surface area contributed by atoms with E-state index in [0.717, 1.165) is 12.7 Å². The Labute approximate surface area is 196 Å². The van der Waals surface area contributed by atoms with Crippen LogP contribution in [-0.2, 0) is 31.1 Å². The van der Waals surface area contributed by atoms with Crippen molar-refractivity contribution in [3.63, 3.8) is 0 Å². The second-order valence-electron chi connectivity index (χ2n) is 8.95. The number of benzene rings is 2. The van der Waals surface area contributed by atoms with Gasteiger partial charge in [-0.2, -0.15) is 13.2 Å². The van der Waals surface area contributed by atoms with Crippen LogP contribution in [0.1, 0.15) is 43.2 Å². The molecule has 2 fully saturated rings. The number of carbonyl (C=O) groups excluding carboxylic acids is 2. The summed E-state index contributed by atoms with van der Waals surface area (Å²) in [6, 6.07) is 16.3. The largest absolute Gasteiger partial charge is 0.457 e. The van der Waals surface area contributed by atoms with Crippen LogP contribution in [0.5, 0.6) is 0 Å². The van der Waals surface area contributed by atoms with Gasteiger partial charge in [-0.15, -0.1) is 0 Å². The highest BCUT2D eigenvalue weighted by Crippen LogP contribution is 2.46. The first-order chi connectivity index (χ1) is 16.2. The standard InChI is InChI=1S/C26H28F3NO4/c1-33-25(26(27,28)29,20-12-6-3-7-13-20)23(32)34-21-14-8-15-22(31)30-17-9-16-24(21,30)18-19-10-4-2-5-11-19/h2-7,10-13,21H,8-9,14-18H2,1H3/t21?,24-,25-/m0/s1. The van der Waals surface area contributed by atoms with Crippen LogP contribution in [0.3, 0.4) is 0 Å². The van der Waals surface area contributed by atoms with Crippen molar-refractivity contribution in [1.82, 2.24) is 4.90 Å². The predicted molar refractivity (Wildman–Crippen MR) is 119 cm³/mol. The molecule has 1 unspecified atom stereocenters. The van der Waals surface area contributed by atoms with Crippen LogP contribution < -0.4 is 0 Å². The van der Waals surface area contributed by atoms with E-state index < -0.39 is 29.4 Å². The van der Waals surface area contributed by atoms with E-state index in [1.807, 2.05) is 30.3 Å². The number of hydrogen-bond acceptors (Lipinski definition) is 4. The maximum absolute atomic E-state index is 14.4. The van der Waals surface area contributed by atoms with Gasteiger partial charge in [0.25, 0.3) is 5.60 Å². The van der Waals surface area contributed by atoms with Crippen molar-refractivity contribution < 1.29 is 32.2 Å². The molecule has 2 saturated heterocycles. The van der Waals surface area contributed by atoms with Gasteiger partial charge in [-0.25, -0.2) is 4.79 Å². The van der Waals surface area contributed by atoms with Crippen LogP contribution in [0, 0.1) is 0 Å². The Morgan fingerprint density at radius 1 is 1.06 bits per heavy atom. The molecule has 3 atom stereocenters. The summed E-state index contributed by atoms with van der Waals surface area (Å²) in [4.78, 5) is 28.1. The molecule has 0 radical (unpaired) electrons. The molecule has 1 amide bonds. The van der Waals surface area contributed by atoms with E-state index in [4.69, 9.17) is 9.47 Å². The Morgan fingerprint density at radius 2 is 1.71 bits per heavy atom. The van der Waals surface area contributed by atoms with Crippen LogP contribution in [0.15, 0.2) is 60.7 Å². The fraction of sp³-hybridized carbons (Fsp3) is 0.462. The van der Waals surface area contributed by atoms with Gasteiger partial charge >= 0.3 is 12.1 Å². The highest BCUT2D eigenvalue weighted by atomic mass is 19.4. The van der Waals surface area contributed by atoms with E-state index in [9.17, 15) is 22.8 Å². The third-order valence-corrected chi connectivity index (χ3v) is 7.06. The number of halogens is 3. The topological polar surface area (TPSA) is 55.8 Å². The number of rotatable bonds is 6. The first-order valence-electron chi connectivity index (χ1n) is 11.5. The molecule has 0 aliphatic carbocycles. The summed E-state index contributed by atoms with van der Waals surface area (Å²) < 4.78 is 54.0. The minimum absolute atomic E-state index is 0.0520. The summed E-state index contributed by atoms with van der Waals surface area (Å²) >= 11 is 0. The van der Waals surface area contributed by atoms with Crippen molar-refractivity contribution in [2.24, 2.45) is 0 Å². The third kappa shape index (κ3) is 4.08. The number of nitrogens with zero attached hydrogens (tertiary/aromatic N) is 1. The van der Waals surface area contributed by atoms with Crippen molar-refractivity contribution in [3.05, 3.63) is 71.8 Å². The van der Waals surface area contributed by atoms with Crippen LogP contribution in [0.4, 0.5) is 13.2 Å². The maximum atomic E-state index is 14.4. The van der Waals surface area contributed by atoms with E-state index in [0.29, 0.717) is 38.6 Å². The molecule has 0 aromatic heterocycles. The van der Waals surface area contributed by atoms with Crippen molar-refractivity contribution >= 4 is 11.9 Å². The molecule has 2 aliphatic rings. The van der Waals surface area contributed by atoms with Gasteiger partial charge in [-0.3, -0.25) is 4.79 Å². The van der Waals surface area contributed by atoms with Gasteiger partial charge in [0, 0.05) is 25.6 Å². The molecule has 182 valence electrons. The number of amides is 1. The van der Waals surface area contributed by atoms with Crippen LogP contribution >= 0.6 is 0 Å². The first-order valence-corrected chi connectivity index (χ1v) is 11.5. The molecule has 2 aromatic carbocycles. The number of carbonyl (C=O) groups is 2. The average molecular weight is 476 g/mol. The van der Waals surface area contributed by atoms with Crippen molar-refractivity contribution in [3.8, 4) is 0 Å². The molecule has 0 bridgehead atoms. The minimum Gasteiger partial charge on any atom is -0.457 e. The second kappa shape index (κ2) is 9.41. The molecular weight excluding hydrogens is 447 g/mol. The lowest BCUT2D eigenvalue weighted by Gasteiger charge is -2.44. The van der Waals surface area contributed by atoms with E-state index in [1.54, 1.807) is 11.0 Å². The highest BCUT2D eigenvalue weighted by Gasteiger charge is 2.65. The van der Waals surface area contributed by atoms with Crippen molar-refractivity contribution in [2.75, 3.05) is 13.7 Å². The third-order valence-electron chi connectivity index (χ3n) is 7.06. The molecule has 2 aliphatic heterocycles. The molecule has 5 nitrogen and oxygen atoms in total. The predicted octanol–water partition coefficient (Wildman–Crippen LogP) is 4.79. The number of alkyl halides is 3. The van der Waals surface area contributed by atoms with Gasteiger partial charge in [0.2, 0.25) is 5.91 Å². The zero-order chi connectivity index (χ0) is 24.4. The van der Waals surface area contributed by atoms with Gasteiger partial charge in [-0.05, 0) is 37.7 Å². The van der Waals surface area contributed by atoms with E-state index >= 15 is 0 Å². The zero-order valence-corrected chi connectivity index (χ0v) is 19.0. The molecule has 8 heteroatoms. The lowest BCUT2D eigenvalue weighted by Crippen LogP contribution is -2.59. The summed E-state index contributed by atoms with van der Waals surface area (Å²) in [5.74, 6) is -1.56. The maximum Gasteiger partial charge on any atom is 0.432 e.